The van der Waals surface area contributed by atoms with Crippen molar-refractivity contribution in [3.05, 3.63) is 29.8 Å². The van der Waals surface area contributed by atoms with Gasteiger partial charge in [0.15, 0.2) is 6.10 Å². The lowest BCUT2D eigenvalue weighted by Gasteiger charge is -2.16. The van der Waals surface area contributed by atoms with Crippen molar-refractivity contribution in [3.8, 4) is 5.75 Å². The summed E-state index contributed by atoms with van der Waals surface area (Å²) in [4.78, 5) is 11.5. The maximum atomic E-state index is 11.5. The molecule has 0 aliphatic rings. The van der Waals surface area contributed by atoms with E-state index in [1.54, 1.807) is 12.1 Å². The summed E-state index contributed by atoms with van der Waals surface area (Å²) in [6, 6.07) is 7.23. The van der Waals surface area contributed by atoms with Gasteiger partial charge in [-0.25, -0.2) is 4.79 Å². The lowest BCUT2D eigenvalue weighted by Crippen LogP contribution is -2.26. The average Bonchev–Trinajstić information content (AvgIpc) is 2.69. The van der Waals surface area contributed by atoms with Crippen LogP contribution in [0.15, 0.2) is 24.3 Å². The minimum atomic E-state index is -0.912. The standard InChI is InChI=1S/C24H40O4/c1-3-5-7-9-11-13-15-23(24(26)27)28-21-18-16-20(17-19-21)22(25)14-12-10-8-6-4-2/h16-19,22-23,25H,3-15H2,1-2H3,(H,26,27)/t22-,23?/m1/s1. The van der Waals surface area contributed by atoms with Crippen LogP contribution in [0.3, 0.4) is 0 Å². The number of aliphatic hydroxyl groups excluding tert-OH is 1. The highest BCUT2D eigenvalue weighted by molar-refractivity contribution is 5.72. The Hall–Kier alpha value is -1.55. The summed E-state index contributed by atoms with van der Waals surface area (Å²) in [6.45, 7) is 4.38. The van der Waals surface area contributed by atoms with E-state index >= 15 is 0 Å². The second-order valence-corrected chi connectivity index (χ2v) is 7.79. The molecule has 0 aliphatic heterocycles. The molecule has 1 unspecified atom stereocenters. The second kappa shape index (κ2) is 15.4. The van der Waals surface area contributed by atoms with E-state index in [1.165, 1.54) is 38.5 Å². The van der Waals surface area contributed by atoms with Crippen LogP contribution in [0.2, 0.25) is 0 Å². The van der Waals surface area contributed by atoms with Crippen LogP contribution in [-0.2, 0) is 4.79 Å². The molecule has 0 spiro atoms. The fraction of sp³-hybridized carbons (Fsp3) is 0.708. The van der Waals surface area contributed by atoms with Gasteiger partial charge in [0.05, 0.1) is 6.10 Å². The third-order valence-corrected chi connectivity index (χ3v) is 5.22. The third kappa shape index (κ3) is 10.7. The van der Waals surface area contributed by atoms with Gasteiger partial charge in [-0.15, -0.1) is 0 Å². The van der Waals surface area contributed by atoms with Crippen molar-refractivity contribution in [2.24, 2.45) is 0 Å². The Balaban J connectivity index is 2.39. The highest BCUT2D eigenvalue weighted by atomic mass is 16.5. The number of rotatable bonds is 17. The number of benzene rings is 1. The molecule has 4 nitrogen and oxygen atoms in total. The van der Waals surface area contributed by atoms with E-state index in [2.05, 4.69) is 13.8 Å². The van der Waals surface area contributed by atoms with E-state index in [9.17, 15) is 15.0 Å². The molecule has 0 heterocycles. The number of carbonyl (C=O) groups is 1. The summed E-state index contributed by atoms with van der Waals surface area (Å²) in [5.74, 6) is -0.359. The number of hydrogen-bond acceptors (Lipinski definition) is 3. The quantitative estimate of drug-likeness (QED) is 0.291. The van der Waals surface area contributed by atoms with Crippen LogP contribution in [0.1, 0.15) is 109 Å². The maximum Gasteiger partial charge on any atom is 0.344 e. The number of aliphatic carboxylic acids is 1. The van der Waals surface area contributed by atoms with Crippen molar-refractivity contribution in [2.75, 3.05) is 0 Å². The Bertz CT molecular complexity index is 512. The van der Waals surface area contributed by atoms with E-state index in [0.717, 1.165) is 44.1 Å². The van der Waals surface area contributed by atoms with Crippen molar-refractivity contribution in [1.82, 2.24) is 0 Å². The zero-order chi connectivity index (χ0) is 20.6. The van der Waals surface area contributed by atoms with Crippen LogP contribution in [0.25, 0.3) is 0 Å². The van der Waals surface area contributed by atoms with Gasteiger partial charge >= 0.3 is 5.97 Å². The van der Waals surface area contributed by atoms with E-state index in [1.807, 2.05) is 12.1 Å². The Labute approximate surface area is 171 Å². The predicted octanol–water partition coefficient (Wildman–Crippen LogP) is 6.66. The van der Waals surface area contributed by atoms with Crippen molar-refractivity contribution in [2.45, 2.75) is 110 Å². The van der Waals surface area contributed by atoms with Crippen LogP contribution in [0.4, 0.5) is 0 Å². The van der Waals surface area contributed by atoms with Gasteiger partial charge in [0, 0.05) is 0 Å². The molecule has 4 heteroatoms. The molecule has 0 aromatic heterocycles. The number of aliphatic hydroxyl groups is 1. The molecule has 160 valence electrons. The van der Waals surface area contributed by atoms with E-state index in [0.29, 0.717) is 12.2 Å². The Morgan fingerprint density at radius 2 is 1.32 bits per heavy atom. The lowest BCUT2D eigenvalue weighted by molar-refractivity contribution is -0.145. The van der Waals surface area contributed by atoms with Crippen molar-refractivity contribution in [1.29, 1.82) is 0 Å². The van der Waals surface area contributed by atoms with E-state index in [4.69, 9.17) is 4.74 Å². The van der Waals surface area contributed by atoms with Gasteiger partial charge < -0.3 is 14.9 Å². The number of hydrogen-bond donors (Lipinski definition) is 2. The summed E-state index contributed by atoms with van der Waals surface area (Å²) < 4.78 is 5.68. The van der Waals surface area contributed by atoms with Crippen molar-refractivity contribution < 1.29 is 19.7 Å². The maximum absolute atomic E-state index is 11.5. The topological polar surface area (TPSA) is 66.8 Å². The van der Waals surface area contributed by atoms with E-state index in [-0.39, 0.29) is 0 Å². The van der Waals surface area contributed by atoms with Gasteiger partial charge in [-0.05, 0) is 37.0 Å². The minimum absolute atomic E-state index is 0.464. The summed E-state index contributed by atoms with van der Waals surface area (Å²) in [5.41, 5.74) is 0.866. The smallest absolute Gasteiger partial charge is 0.344 e. The molecule has 0 amide bonds. The van der Waals surface area contributed by atoms with Gasteiger partial charge in [0.25, 0.3) is 0 Å². The van der Waals surface area contributed by atoms with Gasteiger partial charge in [-0.1, -0.05) is 90.2 Å². The average molecular weight is 393 g/mol. The van der Waals surface area contributed by atoms with Crippen LogP contribution < -0.4 is 4.74 Å². The molecule has 1 aromatic carbocycles. The monoisotopic (exact) mass is 392 g/mol. The molecular weight excluding hydrogens is 352 g/mol. The zero-order valence-electron chi connectivity index (χ0n) is 17.9. The normalized spacial score (nSPS) is 13.2. The van der Waals surface area contributed by atoms with Gasteiger partial charge in [-0.3, -0.25) is 0 Å². The van der Waals surface area contributed by atoms with Gasteiger partial charge in [0.1, 0.15) is 5.75 Å². The Morgan fingerprint density at radius 3 is 1.86 bits per heavy atom. The lowest BCUT2D eigenvalue weighted by atomic mass is 10.0. The number of unbranched alkanes of at least 4 members (excludes halogenated alkanes) is 9. The number of carboxylic acids is 1. The fourth-order valence-electron chi connectivity index (χ4n) is 3.38. The number of ether oxygens (including phenoxy) is 1. The molecule has 2 N–H and O–H groups in total. The van der Waals surface area contributed by atoms with Crippen LogP contribution in [-0.4, -0.2) is 22.3 Å². The molecule has 28 heavy (non-hydrogen) atoms. The first-order valence-electron chi connectivity index (χ1n) is 11.3. The Morgan fingerprint density at radius 1 is 0.821 bits per heavy atom. The van der Waals surface area contributed by atoms with Crippen molar-refractivity contribution >= 4 is 5.97 Å². The fourth-order valence-corrected chi connectivity index (χ4v) is 3.38. The van der Waals surface area contributed by atoms with Crippen LogP contribution in [0, 0.1) is 0 Å². The zero-order valence-corrected chi connectivity index (χ0v) is 17.9. The minimum Gasteiger partial charge on any atom is -0.479 e. The molecule has 0 fully saturated rings. The molecule has 0 saturated heterocycles. The molecule has 0 saturated carbocycles. The first-order valence-corrected chi connectivity index (χ1v) is 11.3. The first kappa shape index (κ1) is 24.5. The van der Waals surface area contributed by atoms with Crippen LogP contribution in [0.5, 0.6) is 5.75 Å². The number of carboxylic acid groups (broad SMARTS) is 1. The summed E-state index contributed by atoms with van der Waals surface area (Å²) in [7, 11) is 0. The first-order chi connectivity index (χ1) is 13.6. The third-order valence-electron chi connectivity index (χ3n) is 5.22. The molecule has 0 radical (unpaired) electrons. The summed E-state index contributed by atoms with van der Waals surface area (Å²) in [5, 5.41) is 19.7. The van der Waals surface area contributed by atoms with Gasteiger partial charge in [-0.2, -0.15) is 0 Å². The molecular formula is C24H40O4. The van der Waals surface area contributed by atoms with Crippen LogP contribution >= 0.6 is 0 Å². The van der Waals surface area contributed by atoms with Crippen molar-refractivity contribution in [3.63, 3.8) is 0 Å². The second-order valence-electron chi connectivity index (χ2n) is 7.79. The molecule has 1 rings (SSSR count). The molecule has 2 atom stereocenters. The molecule has 0 bridgehead atoms. The molecule has 1 aromatic rings. The summed E-state index contributed by atoms with van der Waals surface area (Å²) >= 11 is 0. The highest BCUT2D eigenvalue weighted by Crippen LogP contribution is 2.24. The van der Waals surface area contributed by atoms with Gasteiger partial charge in [0.2, 0.25) is 0 Å². The summed E-state index contributed by atoms with van der Waals surface area (Å²) in [6.07, 6.45) is 12.7. The predicted molar refractivity (Wildman–Crippen MR) is 115 cm³/mol. The largest absolute Gasteiger partial charge is 0.479 e. The Kier molecular flexibility index (Phi) is 13.5. The highest BCUT2D eigenvalue weighted by Gasteiger charge is 2.19. The molecule has 0 aliphatic carbocycles. The van der Waals surface area contributed by atoms with E-state index < -0.39 is 18.2 Å². The SMILES string of the molecule is CCCCCCCCC(Oc1ccc([C@H](O)CCCCCCC)cc1)C(=O)O.